The number of carbonyl (C=O) groups excluding carboxylic acids is 1. The van der Waals surface area contributed by atoms with E-state index in [0.717, 1.165) is 19.3 Å². The highest BCUT2D eigenvalue weighted by atomic mass is 16.3. The third kappa shape index (κ3) is 1.88. The fraction of sp³-hybridized carbons (Fsp3) is 0.417. The van der Waals surface area contributed by atoms with Gasteiger partial charge in [0.1, 0.15) is 5.75 Å². The molecule has 1 aliphatic carbocycles. The monoisotopic (exact) mass is 220 g/mol. The number of rotatable bonds is 3. The zero-order valence-corrected chi connectivity index (χ0v) is 9.07. The maximum atomic E-state index is 12.0. The number of amides is 1. The van der Waals surface area contributed by atoms with Crippen molar-refractivity contribution in [1.82, 2.24) is 0 Å². The highest BCUT2D eigenvalue weighted by Crippen LogP contribution is 2.40. The molecule has 4 heteroatoms. The summed E-state index contributed by atoms with van der Waals surface area (Å²) in [6, 6.07) is 6.54. The summed E-state index contributed by atoms with van der Waals surface area (Å²) in [6.45, 7) is 0.387. The number of carbonyl (C=O) groups is 1. The quantitative estimate of drug-likeness (QED) is 0.721. The van der Waals surface area contributed by atoms with E-state index in [1.54, 1.807) is 18.2 Å². The molecule has 4 N–H and O–H groups in total. The molecule has 86 valence electrons. The number of anilines is 1. The number of hydrogen-bond donors (Lipinski definition) is 3. The van der Waals surface area contributed by atoms with Gasteiger partial charge in [-0.1, -0.05) is 12.5 Å². The Balaban J connectivity index is 2.07. The summed E-state index contributed by atoms with van der Waals surface area (Å²) in [5.74, 6) is 0.111. The molecule has 1 aromatic carbocycles. The van der Waals surface area contributed by atoms with Gasteiger partial charge in [0.15, 0.2) is 0 Å². The first kappa shape index (κ1) is 11.0. The van der Waals surface area contributed by atoms with E-state index in [1.165, 1.54) is 6.07 Å². The molecular formula is C12H16N2O2. The lowest BCUT2D eigenvalue weighted by Crippen LogP contribution is -2.47. The summed E-state index contributed by atoms with van der Waals surface area (Å²) < 4.78 is 0. The van der Waals surface area contributed by atoms with Crippen molar-refractivity contribution < 1.29 is 9.90 Å². The van der Waals surface area contributed by atoms with Crippen LogP contribution in [-0.2, 0) is 4.79 Å². The van der Waals surface area contributed by atoms with Crippen LogP contribution in [0.2, 0.25) is 0 Å². The Morgan fingerprint density at radius 2 is 2.25 bits per heavy atom. The SMILES string of the molecule is NCC1(C(=O)Nc2cccc(O)c2)CCC1. The number of phenols is 1. The minimum atomic E-state index is -0.383. The van der Waals surface area contributed by atoms with Gasteiger partial charge in [0, 0.05) is 18.3 Å². The third-order valence-corrected chi connectivity index (χ3v) is 3.29. The Morgan fingerprint density at radius 1 is 1.50 bits per heavy atom. The van der Waals surface area contributed by atoms with E-state index in [-0.39, 0.29) is 17.1 Å². The number of benzene rings is 1. The van der Waals surface area contributed by atoms with Crippen molar-refractivity contribution in [3.63, 3.8) is 0 Å². The van der Waals surface area contributed by atoms with Gasteiger partial charge in [-0.05, 0) is 25.0 Å². The lowest BCUT2D eigenvalue weighted by molar-refractivity contribution is -0.129. The molecule has 0 aliphatic heterocycles. The fourth-order valence-electron chi connectivity index (χ4n) is 1.97. The first-order valence-electron chi connectivity index (χ1n) is 5.47. The molecule has 0 radical (unpaired) electrons. The van der Waals surface area contributed by atoms with Crippen LogP contribution in [0, 0.1) is 5.41 Å². The van der Waals surface area contributed by atoms with Crippen LogP contribution in [0.25, 0.3) is 0 Å². The molecule has 1 fully saturated rings. The topological polar surface area (TPSA) is 75.4 Å². The third-order valence-electron chi connectivity index (χ3n) is 3.29. The molecule has 1 aliphatic rings. The Labute approximate surface area is 94.5 Å². The standard InChI is InChI=1S/C12H16N2O2/c13-8-12(5-2-6-12)11(16)14-9-3-1-4-10(15)7-9/h1,3-4,7,15H,2,5-6,8,13H2,(H,14,16). The summed E-state index contributed by atoms with van der Waals surface area (Å²) in [5, 5.41) is 12.1. The van der Waals surface area contributed by atoms with Gasteiger partial charge in [-0.3, -0.25) is 4.79 Å². The maximum Gasteiger partial charge on any atom is 0.231 e. The van der Waals surface area contributed by atoms with Gasteiger partial charge in [0.25, 0.3) is 0 Å². The van der Waals surface area contributed by atoms with Crippen molar-refractivity contribution >= 4 is 11.6 Å². The second kappa shape index (κ2) is 4.14. The summed E-state index contributed by atoms with van der Waals surface area (Å²) in [5.41, 5.74) is 5.88. The van der Waals surface area contributed by atoms with E-state index in [4.69, 9.17) is 5.73 Å². The van der Waals surface area contributed by atoms with Gasteiger partial charge in [-0.2, -0.15) is 0 Å². The number of nitrogens with two attached hydrogens (primary N) is 1. The first-order valence-corrected chi connectivity index (χ1v) is 5.47. The molecule has 1 aromatic rings. The normalized spacial score (nSPS) is 17.6. The predicted octanol–water partition coefficient (Wildman–Crippen LogP) is 1.46. The summed E-state index contributed by atoms with van der Waals surface area (Å²) >= 11 is 0. The number of aromatic hydroxyl groups is 1. The van der Waals surface area contributed by atoms with E-state index in [1.807, 2.05) is 0 Å². The van der Waals surface area contributed by atoms with Crippen molar-refractivity contribution in [2.75, 3.05) is 11.9 Å². The van der Waals surface area contributed by atoms with Crippen molar-refractivity contribution in [2.24, 2.45) is 11.1 Å². The van der Waals surface area contributed by atoms with Gasteiger partial charge in [-0.25, -0.2) is 0 Å². The van der Waals surface area contributed by atoms with Gasteiger partial charge < -0.3 is 16.2 Å². The second-order valence-corrected chi connectivity index (χ2v) is 4.34. The lowest BCUT2D eigenvalue weighted by atomic mass is 9.68. The number of phenolic OH excluding ortho intramolecular Hbond substituents is 1. The number of hydrogen-bond acceptors (Lipinski definition) is 3. The molecule has 2 rings (SSSR count). The fourth-order valence-corrected chi connectivity index (χ4v) is 1.97. The van der Waals surface area contributed by atoms with Crippen molar-refractivity contribution in [2.45, 2.75) is 19.3 Å². The van der Waals surface area contributed by atoms with E-state index >= 15 is 0 Å². The van der Waals surface area contributed by atoms with Crippen LogP contribution >= 0.6 is 0 Å². The van der Waals surface area contributed by atoms with E-state index in [0.29, 0.717) is 12.2 Å². The van der Waals surface area contributed by atoms with Crippen LogP contribution in [0.4, 0.5) is 5.69 Å². The van der Waals surface area contributed by atoms with E-state index < -0.39 is 0 Å². The zero-order chi connectivity index (χ0) is 11.6. The molecule has 4 nitrogen and oxygen atoms in total. The highest BCUT2D eigenvalue weighted by molar-refractivity contribution is 5.96. The van der Waals surface area contributed by atoms with Crippen LogP contribution in [0.5, 0.6) is 5.75 Å². The largest absolute Gasteiger partial charge is 0.508 e. The highest BCUT2D eigenvalue weighted by Gasteiger charge is 2.42. The van der Waals surface area contributed by atoms with Crippen LogP contribution in [-0.4, -0.2) is 17.6 Å². The van der Waals surface area contributed by atoms with Crippen LogP contribution in [0.1, 0.15) is 19.3 Å². The van der Waals surface area contributed by atoms with Crippen molar-refractivity contribution in [3.8, 4) is 5.75 Å². The predicted molar refractivity (Wildman–Crippen MR) is 62.1 cm³/mol. The van der Waals surface area contributed by atoms with Crippen LogP contribution < -0.4 is 11.1 Å². The molecule has 0 unspecified atom stereocenters. The van der Waals surface area contributed by atoms with E-state index in [9.17, 15) is 9.90 Å². The Kier molecular flexibility index (Phi) is 2.83. The molecule has 1 amide bonds. The minimum Gasteiger partial charge on any atom is -0.508 e. The number of nitrogens with one attached hydrogen (secondary N) is 1. The van der Waals surface area contributed by atoms with Gasteiger partial charge >= 0.3 is 0 Å². The Bertz CT molecular complexity index is 394. The molecular weight excluding hydrogens is 204 g/mol. The van der Waals surface area contributed by atoms with Crippen molar-refractivity contribution in [3.05, 3.63) is 24.3 Å². The minimum absolute atomic E-state index is 0.0353. The molecule has 0 bridgehead atoms. The summed E-state index contributed by atoms with van der Waals surface area (Å²) in [4.78, 5) is 12.0. The molecule has 0 aromatic heterocycles. The zero-order valence-electron chi connectivity index (χ0n) is 9.07. The molecule has 1 saturated carbocycles. The summed E-state index contributed by atoms with van der Waals surface area (Å²) in [7, 11) is 0. The molecule has 0 saturated heterocycles. The maximum absolute atomic E-state index is 12.0. The summed E-state index contributed by atoms with van der Waals surface area (Å²) in [6.07, 6.45) is 2.77. The second-order valence-electron chi connectivity index (χ2n) is 4.34. The molecule has 0 spiro atoms. The average Bonchev–Trinajstić information content (AvgIpc) is 2.16. The molecule has 16 heavy (non-hydrogen) atoms. The smallest absolute Gasteiger partial charge is 0.231 e. The Morgan fingerprint density at radius 3 is 2.75 bits per heavy atom. The lowest BCUT2D eigenvalue weighted by Gasteiger charge is -2.39. The van der Waals surface area contributed by atoms with Gasteiger partial charge in [0.05, 0.1) is 5.41 Å². The van der Waals surface area contributed by atoms with E-state index in [2.05, 4.69) is 5.32 Å². The van der Waals surface area contributed by atoms with Gasteiger partial charge in [0.2, 0.25) is 5.91 Å². The average molecular weight is 220 g/mol. The molecule has 0 heterocycles. The van der Waals surface area contributed by atoms with Crippen LogP contribution in [0.15, 0.2) is 24.3 Å². The van der Waals surface area contributed by atoms with Crippen LogP contribution in [0.3, 0.4) is 0 Å². The van der Waals surface area contributed by atoms with Crippen molar-refractivity contribution in [1.29, 1.82) is 0 Å². The Hall–Kier alpha value is -1.55. The first-order chi connectivity index (χ1) is 7.66. The van der Waals surface area contributed by atoms with Gasteiger partial charge in [-0.15, -0.1) is 0 Å². The molecule has 0 atom stereocenters.